The Kier molecular flexibility index (Phi) is 8.11. The zero-order valence-corrected chi connectivity index (χ0v) is 32.0. The minimum atomic E-state index is 0.429. The van der Waals surface area contributed by atoms with Gasteiger partial charge in [-0.15, -0.1) is 0 Å². The molecule has 0 aliphatic heterocycles. The van der Waals surface area contributed by atoms with Crippen molar-refractivity contribution in [3.8, 4) is 68.8 Å². The van der Waals surface area contributed by atoms with Gasteiger partial charge in [0.2, 0.25) is 0 Å². The molecule has 0 bridgehead atoms. The molecule has 11 aromatic rings. The van der Waals surface area contributed by atoms with Crippen molar-refractivity contribution < 1.29 is 0 Å². The summed E-state index contributed by atoms with van der Waals surface area (Å²) in [7, 11) is 0. The van der Waals surface area contributed by atoms with Crippen LogP contribution in [-0.4, -0.2) is 24.1 Å². The Labute approximate surface area is 345 Å². The minimum absolute atomic E-state index is 0.429. The lowest BCUT2D eigenvalue weighted by atomic mass is 9.99. The first-order valence-electron chi connectivity index (χ1n) is 19.6. The molecular weight excluding hydrogens is 735 g/mol. The van der Waals surface area contributed by atoms with Gasteiger partial charge in [0.15, 0.2) is 17.5 Å². The van der Waals surface area contributed by atoms with Gasteiger partial charge in [-0.05, 0) is 77.9 Å². The number of rotatable bonds is 6. The fourth-order valence-electron chi connectivity index (χ4n) is 8.53. The van der Waals surface area contributed by atoms with Crippen molar-refractivity contribution in [2.24, 2.45) is 0 Å². The monoisotopic (exact) mass is 765 g/mol. The van der Waals surface area contributed by atoms with E-state index in [0.29, 0.717) is 34.2 Å². The molecule has 0 saturated heterocycles. The Morgan fingerprint density at radius 2 is 0.750 bits per heavy atom. The van der Waals surface area contributed by atoms with Crippen molar-refractivity contribution in [2.75, 3.05) is 0 Å². The number of nitriles is 2. The van der Waals surface area contributed by atoms with Gasteiger partial charge in [-0.3, -0.25) is 0 Å². The highest BCUT2D eigenvalue weighted by Gasteiger charge is 2.23. The number of hydrogen-bond acceptors (Lipinski definition) is 5. The molecule has 0 N–H and O–H groups in total. The Hall–Kier alpha value is -8.65. The summed E-state index contributed by atoms with van der Waals surface area (Å²) < 4.78 is 4.51. The van der Waals surface area contributed by atoms with Gasteiger partial charge in [-0.1, -0.05) is 121 Å². The van der Waals surface area contributed by atoms with Crippen molar-refractivity contribution in [1.29, 1.82) is 10.5 Å². The summed E-state index contributed by atoms with van der Waals surface area (Å²) in [5, 5.41) is 24.6. The molecule has 0 radical (unpaired) electrons. The second-order valence-electron chi connectivity index (χ2n) is 14.7. The third-order valence-corrected chi connectivity index (χ3v) is 11.2. The van der Waals surface area contributed by atoms with Crippen molar-refractivity contribution in [3.05, 3.63) is 199 Å². The summed E-state index contributed by atoms with van der Waals surface area (Å²) in [6, 6.07) is 67.9. The molecule has 60 heavy (non-hydrogen) atoms. The van der Waals surface area contributed by atoms with Crippen LogP contribution in [0.15, 0.2) is 188 Å². The molecule has 278 valence electrons. The van der Waals surface area contributed by atoms with E-state index in [0.717, 1.165) is 77.2 Å². The Balaban J connectivity index is 1.24. The van der Waals surface area contributed by atoms with Crippen LogP contribution < -0.4 is 0 Å². The van der Waals surface area contributed by atoms with Crippen LogP contribution in [0.4, 0.5) is 0 Å². The highest BCUT2D eigenvalue weighted by Crippen LogP contribution is 2.40. The normalized spacial score (nSPS) is 11.3. The lowest BCUT2D eigenvalue weighted by Crippen LogP contribution is -2.06. The average molecular weight is 766 g/mol. The van der Waals surface area contributed by atoms with Crippen LogP contribution in [0.25, 0.3) is 100 Å². The SMILES string of the molecule is N#Cc1cccc(-c2ccc(-n3c4ccccc4c4ccccc43)c(-c3nc(-c4ccccc4)nc(-c4cc(C#N)ccc4-n4c5ccccc5c5ccccc54)n3)c2)c1. The van der Waals surface area contributed by atoms with Crippen LogP contribution in [-0.2, 0) is 0 Å². The standard InChI is InChI=1S/C53H31N7/c54-32-34-13-12-16-37(29-34)38-26-28-50(60-47-23-10-6-19-41(47)42-20-7-11-24-48(42)60)44(31-38)53-57-51(36-14-2-1-3-15-36)56-52(58-53)43-30-35(33-55)25-27-49(43)59-45-21-8-4-17-39(45)40-18-5-9-22-46(40)59/h1-31H. The van der Waals surface area contributed by atoms with Crippen LogP contribution in [0.5, 0.6) is 0 Å². The van der Waals surface area contributed by atoms with E-state index in [-0.39, 0.29) is 0 Å². The van der Waals surface area contributed by atoms with Gasteiger partial charge in [-0.2, -0.15) is 10.5 Å². The lowest BCUT2D eigenvalue weighted by Gasteiger charge is -2.17. The first-order chi connectivity index (χ1) is 29.7. The van der Waals surface area contributed by atoms with E-state index < -0.39 is 0 Å². The number of nitrogens with zero attached hydrogens (tertiary/aromatic N) is 7. The van der Waals surface area contributed by atoms with Crippen molar-refractivity contribution in [2.45, 2.75) is 0 Å². The summed E-state index contributed by atoms with van der Waals surface area (Å²) in [5.74, 6) is 1.39. The fraction of sp³-hybridized carbons (Fsp3) is 0. The van der Waals surface area contributed by atoms with E-state index in [1.807, 2.05) is 84.9 Å². The molecule has 0 saturated carbocycles. The molecule has 0 spiro atoms. The molecule has 3 heterocycles. The third kappa shape index (κ3) is 5.61. The molecule has 3 aromatic heterocycles. The second-order valence-corrected chi connectivity index (χ2v) is 14.7. The number of aromatic nitrogens is 5. The maximum Gasteiger partial charge on any atom is 0.166 e. The van der Waals surface area contributed by atoms with Gasteiger partial charge >= 0.3 is 0 Å². The number of benzene rings is 8. The number of hydrogen-bond donors (Lipinski definition) is 0. The number of fused-ring (bicyclic) bond motifs is 6. The van der Waals surface area contributed by atoms with Crippen LogP contribution >= 0.6 is 0 Å². The maximum absolute atomic E-state index is 10.3. The van der Waals surface area contributed by atoms with Crippen LogP contribution in [0.3, 0.4) is 0 Å². The van der Waals surface area contributed by atoms with Crippen LogP contribution in [0, 0.1) is 22.7 Å². The van der Waals surface area contributed by atoms with Gasteiger partial charge in [0, 0.05) is 38.2 Å². The summed E-state index contributed by atoms with van der Waals surface area (Å²) in [5.41, 5.74) is 11.1. The molecule has 7 heteroatoms. The average Bonchev–Trinajstić information content (AvgIpc) is 3.84. The van der Waals surface area contributed by atoms with E-state index in [9.17, 15) is 10.5 Å². The lowest BCUT2D eigenvalue weighted by molar-refractivity contribution is 1.06. The summed E-state index contributed by atoms with van der Waals surface area (Å²) in [6.07, 6.45) is 0. The zero-order chi connectivity index (χ0) is 40.2. The Bertz CT molecular complexity index is 3480. The van der Waals surface area contributed by atoms with Crippen LogP contribution in [0.1, 0.15) is 11.1 Å². The molecule has 0 atom stereocenters. The van der Waals surface area contributed by atoms with Crippen molar-refractivity contribution in [1.82, 2.24) is 24.1 Å². The smallest absolute Gasteiger partial charge is 0.166 e. The zero-order valence-electron chi connectivity index (χ0n) is 32.0. The van der Waals surface area contributed by atoms with E-state index >= 15 is 0 Å². The first-order valence-corrected chi connectivity index (χ1v) is 19.6. The van der Waals surface area contributed by atoms with Gasteiger partial charge in [0.1, 0.15) is 0 Å². The predicted octanol–water partition coefficient (Wildman–Crippen LogP) is 12.5. The quantitative estimate of drug-likeness (QED) is 0.168. The van der Waals surface area contributed by atoms with E-state index in [2.05, 4.69) is 124 Å². The maximum atomic E-state index is 10.3. The Morgan fingerprint density at radius 1 is 0.333 bits per heavy atom. The fourth-order valence-corrected chi connectivity index (χ4v) is 8.53. The first kappa shape index (κ1) is 34.6. The molecule has 0 unspecified atom stereocenters. The van der Waals surface area contributed by atoms with Gasteiger partial charge in [0.05, 0.1) is 56.7 Å². The summed E-state index contributed by atoms with van der Waals surface area (Å²) in [4.78, 5) is 15.9. The molecule has 0 amide bonds. The molecule has 0 aliphatic rings. The highest BCUT2D eigenvalue weighted by atomic mass is 15.1. The van der Waals surface area contributed by atoms with E-state index in [1.54, 1.807) is 0 Å². The van der Waals surface area contributed by atoms with Crippen LogP contribution in [0.2, 0.25) is 0 Å². The molecule has 11 rings (SSSR count). The molecule has 0 fully saturated rings. The van der Waals surface area contributed by atoms with Gasteiger partial charge < -0.3 is 9.13 Å². The van der Waals surface area contributed by atoms with E-state index in [1.165, 1.54) is 0 Å². The molecule has 0 aliphatic carbocycles. The molecule has 8 aromatic carbocycles. The largest absolute Gasteiger partial charge is 0.309 e. The van der Waals surface area contributed by atoms with Gasteiger partial charge in [-0.25, -0.2) is 15.0 Å². The van der Waals surface area contributed by atoms with Crippen molar-refractivity contribution >= 4 is 43.6 Å². The summed E-state index contributed by atoms with van der Waals surface area (Å²) in [6.45, 7) is 0. The second kappa shape index (κ2) is 14.1. The van der Waals surface area contributed by atoms with E-state index in [4.69, 9.17) is 15.0 Å². The highest BCUT2D eigenvalue weighted by molar-refractivity contribution is 6.11. The molecular formula is C53H31N7. The number of para-hydroxylation sites is 4. The minimum Gasteiger partial charge on any atom is -0.309 e. The Morgan fingerprint density at radius 3 is 1.28 bits per heavy atom. The van der Waals surface area contributed by atoms with Gasteiger partial charge in [0.25, 0.3) is 0 Å². The topological polar surface area (TPSA) is 96.1 Å². The molecule has 7 nitrogen and oxygen atoms in total. The third-order valence-electron chi connectivity index (χ3n) is 11.2. The predicted molar refractivity (Wildman–Crippen MR) is 240 cm³/mol. The summed E-state index contributed by atoms with van der Waals surface area (Å²) >= 11 is 0. The van der Waals surface area contributed by atoms with Crippen molar-refractivity contribution in [3.63, 3.8) is 0 Å².